The van der Waals surface area contributed by atoms with Crippen molar-refractivity contribution in [3.63, 3.8) is 0 Å². The average Bonchev–Trinajstić information content (AvgIpc) is 2.88. The van der Waals surface area contributed by atoms with E-state index in [0.29, 0.717) is 22.5 Å². The fraction of sp³-hybridized carbons (Fsp3) is 0.107. The van der Waals surface area contributed by atoms with Crippen molar-refractivity contribution in [2.75, 3.05) is 14.2 Å². The van der Waals surface area contributed by atoms with Crippen LogP contribution in [0.25, 0.3) is 33.6 Å². The van der Waals surface area contributed by atoms with Gasteiger partial charge in [0.05, 0.1) is 36.7 Å². The molecule has 1 aromatic heterocycles. The van der Waals surface area contributed by atoms with E-state index in [1.54, 1.807) is 0 Å². The van der Waals surface area contributed by atoms with Crippen molar-refractivity contribution in [1.29, 1.82) is 0 Å². The molecule has 164 valence electrons. The van der Waals surface area contributed by atoms with Gasteiger partial charge in [0.1, 0.15) is 0 Å². The highest BCUT2D eigenvalue weighted by atomic mass is 16.5. The SMILES string of the molecule is COC(=O)c1c(-c2ccccc2)nc(-c2ccccc2)c(C(=O)OC)c1-c1ccc(C)cc1. The van der Waals surface area contributed by atoms with Gasteiger partial charge in [0.2, 0.25) is 0 Å². The van der Waals surface area contributed by atoms with Crippen molar-refractivity contribution in [2.24, 2.45) is 0 Å². The van der Waals surface area contributed by atoms with Gasteiger partial charge in [0.15, 0.2) is 0 Å². The van der Waals surface area contributed by atoms with E-state index in [1.165, 1.54) is 14.2 Å². The number of carbonyl (C=O) groups excluding carboxylic acids is 2. The van der Waals surface area contributed by atoms with E-state index in [1.807, 2.05) is 91.9 Å². The van der Waals surface area contributed by atoms with Gasteiger partial charge in [0.25, 0.3) is 0 Å². The Hall–Kier alpha value is -4.25. The first-order valence-electron chi connectivity index (χ1n) is 10.5. The Morgan fingerprint density at radius 1 is 0.606 bits per heavy atom. The first-order chi connectivity index (χ1) is 16.0. The van der Waals surface area contributed by atoms with E-state index >= 15 is 0 Å². The van der Waals surface area contributed by atoms with Crippen molar-refractivity contribution < 1.29 is 19.1 Å². The third-order valence-electron chi connectivity index (χ3n) is 5.41. The van der Waals surface area contributed by atoms with Crippen molar-refractivity contribution in [3.8, 4) is 33.6 Å². The molecule has 0 aliphatic rings. The van der Waals surface area contributed by atoms with Crippen molar-refractivity contribution in [1.82, 2.24) is 4.98 Å². The fourth-order valence-electron chi connectivity index (χ4n) is 3.81. The highest BCUT2D eigenvalue weighted by molar-refractivity contribution is 6.12. The summed E-state index contributed by atoms with van der Waals surface area (Å²) in [6.45, 7) is 1.98. The molecule has 0 radical (unpaired) electrons. The van der Waals surface area contributed by atoms with Crippen molar-refractivity contribution >= 4 is 11.9 Å². The molecular formula is C28H23NO4. The van der Waals surface area contributed by atoms with E-state index in [2.05, 4.69) is 0 Å². The summed E-state index contributed by atoms with van der Waals surface area (Å²) in [5, 5.41) is 0. The number of hydrogen-bond acceptors (Lipinski definition) is 5. The minimum absolute atomic E-state index is 0.215. The molecule has 0 aliphatic heterocycles. The van der Waals surface area contributed by atoms with Gasteiger partial charge in [-0.1, -0.05) is 90.5 Å². The molecule has 0 amide bonds. The van der Waals surface area contributed by atoms with Crippen molar-refractivity contribution in [3.05, 3.63) is 102 Å². The van der Waals surface area contributed by atoms with E-state index in [4.69, 9.17) is 14.5 Å². The van der Waals surface area contributed by atoms with Crippen LogP contribution in [0.4, 0.5) is 0 Å². The Balaban J connectivity index is 2.22. The van der Waals surface area contributed by atoms with Crippen LogP contribution in [0.2, 0.25) is 0 Å². The number of rotatable bonds is 5. The number of hydrogen-bond donors (Lipinski definition) is 0. The zero-order valence-corrected chi connectivity index (χ0v) is 18.7. The second-order valence-electron chi connectivity index (χ2n) is 7.52. The van der Waals surface area contributed by atoms with E-state index in [-0.39, 0.29) is 11.1 Å². The lowest BCUT2D eigenvalue weighted by Gasteiger charge is -2.20. The molecule has 0 fully saturated rings. The van der Waals surface area contributed by atoms with Crippen molar-refractivity contribution in [2.45, 2.75) is 6.92 Å². The van der Waals surface area contributed by atoms with Gasteiger partial charge in [0, 0.05) is 16.7 Å². The first-order valence-corrected chi connectivity index (χ1v) is 10.5. The molecule has 4 rings (SSSR count). The maximum absolute atomic E-state index is 13.2. The number of methoxy groups -OCH3 is 2. The van der Waals surface area contributed by atoms with E-state index in [0.717, 1.165) is 16.7 Å². The normalized spacial score (nSPS) is 10.5. The molecule has 5 heteroatoms. The third-order valence-corrected chi connectivity index (χ3v) is 5.41. The van der Waals surface area contributed by atoms with Gasteiger partial charge in [-0.25, -0.2) is 14.6 Å². The van der Waals surface area contributed by atoms with Crippen LogP contribution in [0.5, 0.6) is 0 Å². The van der Waals surface area contributed by atoms with Crippen LogP contribution < -0.4 is 0 Å². The third kappa shape index (κ3) is 4.26. The maximum atomic E-state index is 13.2. The molecule has 0 saturated heterocycles. The number of carbonyl (C=O) groups is 2. The molecule has 5 nitrogen and oxygen atoms in total. The number of pyridine rings is 1. The summed E-state index contributed by atoms with van der Waals surface area (Å²) in [5.74, 6) is -1.16. The van der Waals surface area contributed by atoms with Crippen LogP contribution in [0.3, 0.4) is 0 Å². The number of aromatic nitrogens is 1. The lowest BCUT2D eigenvalue weighted by atomic mass is 9.88. The number of aryl methyl sites for hydroxylation is 1. The highest BCUT2D eigenvalue weighted by Crippen LogP contribution is 2.40. The Morgan fingerprint density at radius 2 is 1.03 bits per heavy atom. The highest BCUT2D eigenvalue weighted by Gasteiger charge is 2.31. The molecule has 0 atom stereocenters. The van der Waals surface area contributed by atoms with Gasteiger partial charge < -0.3 is 9.47 Å². The van der Waals surface area contributed by atoms with Gasteiger partial charge >= 0.3 is 11.9 Å². The predicted octanol–water partition coefficient (Wildman–Crippen LogP) is 5.96. The average molecular weight is 437 g/mol. The Labute approximate surface area is 192 Å². The summed E-state index contributed by atoms with van der Waals surface area (Å²) in [5.41, 5.74) is 4.95. The zero-order chi connectivity index (χ0) is 23.4. The predicted molar refractivity (Wildman–Crippen MR) is 128 cm³/mol. The Kier molecular flexibility index (Phi) is 6.31. The summed E-state index contributed by atoms with van der Waals surface area (Å²) < 4.78 is 10.3. The van der Waals surface area contributed by atoms with E-state index < -0.39 is 11.9 Å². The second-order valence-corrected chi connectivity index (χ2v) is 7.52. The van der Waals surface area contributed by atoms with Gasteiger partial charge in [-0.2, -0.15) is 0 Å². The lowest BCUT2D eigenvalue weighted by Crippen LogP contribution is -2.15. The van der Waals surface area contributed by atoms with Crippen LogP contribution in [-0.4, -0.2) is 31.1 Å². The molecule has 0 N–H and O–H groups in total. The molecular weight excluding hydrogens is 414 g/mol. The molecule has 0 unspecified atom stereocenters. The Bertz CT molecular complexity index is 1220. The first kappa shape index (κ1) is 22.0. The van der Waals surface area contributed by atoms with Gasteiger partial charge in [-0.15, -0.1) is 0 Å². The quantitative estimate of drug-likeness (QED) is 0.360. The fourth-order valence-corrected chi connectivity index (χ4v) is 3.81. The zero-order valence-electron chi connectivity index (χ0n) is 18.7. The molecule has 0 saturated carbocycles. The summed E-state index contributed by atoms with van der Waals surface area (Å²) in [4.78, 5) is 31.2. The topological polar surface area (TPSA) is 65.5 Å². The van der Waals surface area contributed by atoms with E-state index in [9.17, 15) is 9.59 Å². The molecule has 0 spiro atoms. The molecule has 0 aliphatic carbocycles. The lowest BCUT2D eigenvalue weighted by molar-refractivity contribution is 0.0601. The number of nitrogens with zero attached hydrogens (tertiary/aromatic N) is 1. The number of ether oxygens (including phenoxy) is 2. The van der Waals surface area contributed by atoms with Crippen LogP contribution >= 0.6 is 0 Å². The summed E-state index contributed by atoms with van der Waals surface area (Å²) >= 11 is 0. The summed E-state index contributed by atoms with van der Waals surface area (Å²) in [6.07, 6.45) is 0. The summed E-state index contributed by atoms with van der Waals surface area (Å²) in [7, 11) is 2.64. The second kappa shape index (κ2) is 9.49. The number of esters is 2. The van der Waals surface area contributed by atoms with Crippen LogP contribution in [0.1, 0.15) is 26.3 Å². The monoisotopic (exact) mass is 437 g/mol. The molecule has 3 aromatic carbocycles. The maximum Gasteiger partial charge on any atom is 0.340 e. The smallest absolute Gasteiger partial charge is 0.340 e. The van der Waals surface area contributed by atoms with Gasteiger partial charge in [-0.3, -0.25) is 0 Å². The standard InChI is InChI=1S/C28H23NO4/c1-18-14-16-19(17-15-18)22-23(27(30)32-2)25(20-10-6-4-7-11-20)29-26(24(22)28(31)33-3)21-12-8-5-9-13-21/h4-17H,1-3H3. The number of benzene rings is 3. The summed E-state index contributed by atoms with van der Waals surface area (Å²) in [6, 6.07) is 26.4. The van der Waals surface area contributed by atoms with Crippen LogP contribution in [0, 0.1) is 6.92 Å². The van der Waals surface area contributed by atoms with Crippen LogP contribution in [-0.2, 0) is 9.47 Å². The molecule has 4 aromatic rings. The van der Waals surface area contributed by atoms with Gasteiger partial charge in [-0.05, 0) is 12.5 Å². The largest absolute Gasteiger partial charge is 0.465 e. The minimum atomic E-state index is -0.582. The Morgan fingerprint density at radius 3 is 1.42 bits per heavy atom. The minimum Gasteiger partial charge on any atom is -0.465 e. The molecule has 1 heterocycles. The van der Waals surface area contributed by atoms with Crippen LogP contribution in [0.15, 0.2) is 84.9 Å². The molecule has 33 heavy (non-hydrogen) atoms. The molecule has 0 bridgehead atoms.